The summed E-state index contributed by atoms with van der Waals surface area (Å²) in [5.41, 5.74) is 5.77. The predicted molar refractivity (Wildman–Crippen MR) is 171 cm³/mol. The molecule has 2 N–H and O–H groups in total. The maximum atomic E-state index is 14.4. The Hall–Kier alpha value is -4.04. The highest BCUT2D eigenvalue weighted by Gasteiger charge is 2.36. The molecule has 4 bridgehead atoms. The second-order valence-corrected chi connectivity index (χ2v) is 11.1. The Labute approximate surface area is 274 Å². The average molecular weight is 668 g/mol. The van der Waals surface area contributed by atoms with Gasteiger partial charge in [-0.25, -0.2) is 13.6 Å². The zero-order valence-electron chi connectivity index (χ0n) is 27.9. The van der Waals surface area contributed by atoms with Crippen LogP contribution in [0.3, 0.4) is 0 Å². The van der Waals surface area contributed by atoms with Gasteiger partial charge in [0.05, 0.1) is 67.4 Å². The second kappa shape index (κ2) is 18.3. The van der Waals surface area contributed by atoms with Gasteiger partial charge in [-0.1, -0.05) is 12.8 Å². The standard InChI is InChI=1S/C23H34F2N2O5.C10H13NO4/c1-29-19-14-18-15-20(21(19)30-2)31-12-6-4-3-5-8-26-10-11-27(17-23(24,25)16-26)9-7-13-32-22(18)28;1-13-7-4-6(10(11)12)5-8(14-2)9(7)15-3/h14-15H,3-13,16-17H2,1-2H3;4-5H,1-3H3,(H2,11,12). The van der Waals surface area contributed by atoms with E-state index in [0.717, 1.165) is 25.7 Å². The quantitative estimate of drug-likeness (QED) is 0.444. The van der Waals surface area contributed by atoms with Crippen molar-refractivity contribution >= 4 is 11.9 Å². The molecule has 2 unspecified atom stereocenters. The maximum absolute atomic E-state index is 14.4. The number of esters is 1. The Balaban J connectivity index is 0.000000335. The summed E-state index contributed by atoms with van der Waals surface area (Å²) < 4.78 is 66.0. The third-order valence-corrected chi connectivity index (χ3v) is 7.75. The lowest BCUT2D eigenvalue weighted by Gasteiger charge is -2.24. The summed E-state index contributed by atoms with van der Waals surface area (Å²) >= 11 is 0. The van der Waals surface area contributed by atoms with Crippen LogP contribution < -0.4 is 34.2 Å². The van der Waals surface area contributed by atoms with Gasteiger partial charge in [0, 0.05) is 25.2 Å². The fourth-order valence-corrected chi connectivity index (χ4v) is 5.41. The zero-order chi connectivity index (χ0) is 34.4. The van der Waals surface area contributed by atoms with Crippen molar-refractivity contribution in [2.24, 2.45) is 5.73 Å². The number of hydrogen-bond donors (Lipinski definition) is 1. The van der Waals surface area contributed by atoms with Crippen LogP contribution in [0.4, 0.5) is 8.78 Å². The summed E-state index contributed by atoms with van der Waals surface area (Å²) in [7, 11) is 7.46. The first-order valence-electron chi connectivity index (χ1n) is 15.5. The van der Waals surface area contributed by atoms with Crippen LogP contribution in [-0.4, -0.2) is 116 Å². The van der Waals surface area contributed by atoms with E-state index in [9.17, 15) is 18.4 Å². The minimum atomic E-state index is -2.74. The molecule has 2 heterocycles. The van der Waals surface area contributed by atoms with Crippen LogP contribution in [0.5, 0.6) is 34.5 Å². The molecule has 12 nitrogen and oxygen atoms in total. The Kier molecular flexibility index (Phi) is 14.6. The summed E-state index contributed by atoms with van der Waals surface area (Å²) in [6.45, 7) is 2.50. The smallest absolute Gasteiger partial charge is 0.338 e. The molecule has 0 saturated carbocycles. The number of carbonyl (C=O) groups is 2. The van der Waals surface area contributed by atoms with Crippen molar-refractivity contribution in [3.05, 3.63) is 35.4 Å². The van der Waals surface area contributed by atoms with E-state index in [1.165, 1.54) is 47.7 Å². The van der Waals surface area contributed by atoms with Crippen LogP contribution in [0.15, 0.2) is 24.3 Å². The zero-order valence-corrected chi connectivity index (χ0v) is 27.9. The Morgan fingerprint density at radius 2 is 1.23 bits per heavy atom. The molecule has 2 atom stereocenters. The molecule has 4 rings (SSSR count). The van der Waals surface area contributed by atoms with Gasteiger partial charge in [-0.05, 0) is 50.1 Å². The van der Waals surface area contributed by atoms with Crippen molar-refractivity contribution < 1.29 is 51.5 Å². The summed E-state index contributed by atoms with van der Waals surface area (Å²) in [6.07, 6.45) is 4.05. The minimum Gasteiger partial charge on any atom is -0.493 e. The summed E-state index contributed by atoms with van der Waals surface area (Å²) in [6, 6.07) is 6.16. The molecule has 2 aliphatic heterocycles. The monoisotopic (exact) mass is 667 g/mol. The third kappa shape index (κ3) is 11.0. The Morgan fingerprint density at radius 1 is 0.702 bits per heavy atom. The lowest BCUT2D eigenvalue weighted by molar-refractivity contribution is -0.0386. The van der Waals surface area contributed by atoms with E-state index in [4.69, 9.17) is 38.9 Å². The first-order valence-corrected chi connectivity index (χ1v) is 15.5. The number of methoxy groups -OCH3 is 5. The number of halogens is 2. The highest BCUT2D eigenvalue weighted by Crippen LogP contribution is 2.39. The molecular formula is C33H47F2N3O9. The van der Waals surface area contributed by atoms with Gasteiger partial charge >= 0.3 is 5.97 Å². The van der Waals surface area contributed by atoms with E-state index in [-0.39, 0.29) is 19.7 Å². The molecule has 2 aromatic carbocycles. The first kappa shape index (κ1) is 37.4. The molecule has 0 aromatic heterocycles. The van der Waals surface area contributed by atoms with Gasteiger partial charge in [-0.2, -0.15) is 0 Å². The fourth-order valence-electron chi connectivity index (χ4n) is 5.41. The van der Waals surface area contributed by atoms with Crippen LogP contribution in [-0.2, 0) is 4.74 Å². The molecule has 2 aliphatic rings. The van der Waals surface area contributed by atoms with Gasteiger partial charge in [-0.3, -0.25) is 14.6 Å². The van der Waals surface area contributed by atoms with Gasteiger partial charge < -0.3 is 38.9 Å². The first-order chi connectivity index (χ1) is 22.5. The van der Waals surface area contributed by atoms with E-state index < -0.39 is 17.8 Å². The fraction of sp³-hybridized carbons (Fsp3) is 0.576. The van der Waals surface area contributed by atoms with Crippen molar-refractivity contribution in [3.8, 4) is 34.5 Å². The molecule has 0 spiro atoms. The Bertz CT molecular complexity index is 1300. The number of nitrogens with two attached hydrogens (primary N) is 1. The number of hydrogen-bond acceptors (Lipinski definition) is 11. The van der Waals surface area contributed by atoms with Crippen molar-refractivity contribution in [2.75, 3.05) is 88.0 Å². The molecule has 262 valence electrons. The molecule has 1 saturated heterocycles. The van der Waals surface area contributed by atoms with Gasteiger partial charge in [0.2, 0.25) is 17.4 Å². The number of nitrogens with zero attached hydrogens (tertiary/aromatic N) is 2. The predicted octanol–water partition coefficient (Wildman–Crippen LogP) is 4.27. The van der Waals surface area contributed by atoms with Gasteiger partial charge in [-0.15, -0.1) is 0 Å². The number of cyclic esters (lactones) is 1. The van der Waals surface area contributed by atoms with Crippen LogP contribution in [0.25, 0.3) is 0 Å². The molecule has 0 aliphatic carbocycles. The lowest BCUT2D eigenvalue weighted by atomic mass is 10.1. The minimum absolute atomic E-state index is 0.148. The number of primary amides is 1. The normalized spacial score (nSPS) is 20.3. The summed E-state index contributed by atoms with van der Waals surface area (Å²) in [5.74, 6) is -1.29. The SMILES string of the molecule is COc1cc(C(N)=O)cc(OC)c1OC.COc1cc2cc(c1OC)OCCCCCCN1CCN(CCCOC2=O)CC(F)(F)C1. The van der Waals surface area contributed by atoms with Crippen LogP contribution in [0, 0.1) is 0 Å². The van der Waals surface area contributed by atoms with Crippen LogP contribution >= 0.6 is 0 Å². The molecule has 47 heavy (non-hydrogen) atoms. The van der Waals surface area contributed by atoms with E-state index in [1.54, 1.807) is 17.0 Å². The number of carbonyl (C=O) groups excluding carboxylic acids is 2. The van der Waals surface area contributed by atoms with Gasteiger partial charge in [0.1, 0.15) is 0 Å². The number of rotatable bonds is 6. The van der Waals surface area contributed by atoms with E-state index >= 15 is 0 Å². The summed E-state index contributed by atoms with van der Waals surface area (Å²) in [4.78, 5) is 27.2. The van der Waals surface area contributed by atoms with E-state index in [0.29, 0.717) is 84.8 Å². The number of amides is 1. The topological polar surface area (TPSA) is 131 Å². The van der Waals surface area contributed by atoms with Crippen LogP contribution in [0.1, 0.15) is 52.8 Å². The van der Waals surface area contributed by atoms with E-state index in [2.05, 4.69) is 0 Å². The van der Waals surface area contributed by atoms with Gasteiger partial charge in [0.15, 0.2) is 23.0 Å². The molecule has 1 amide bonds. The van der Waals surface area contributed by atoms with Crippen LogP contribution in [0.2, 0.25) is 0 Å². The number of alkyl halides is 2. The lowest BCUT2D eigenvalue weighted by Crippen LogP contribution is -2.40. The Morgan fingerprint density at radius 3 is 1.79 bits per heavy atom. The summed E-state index contributed by atoms with van der Waals surface area (Å²) in [5, 5.41) is 0. The van der Waals surface area contributed by atoms with E-state index in [1.807, 2.05) is 4.90 Å². The highest BCUT2D eigenvalue weighted by molar-refractivity contribution is 5.94. The van der Waals surface area contributed by atoms with Crippen molar-refractivity contribution in [1.29, 1.82) is 0 Å². The third-order valence-electron chi connectivity index (χ3n) is 7.75. The average Bonchev–Trinajstić information content (AvgIpc) is 3.21. The molecular weight excluding hydrogens is 620 g/mol. The largest absolute Gasteiger partial charge is 0.493 e. The number of ether oxygens (including phenoxy) is 7. The molecule has 2 aromatic rings. The van der Waals surface area contributed by atoms with Crippen molar-refractivity contribution in [1.82, 2.24) is 9.80 Å². The second-order valence-electron chi connectivity index (χ2n) is 11.1. The maximum Gasteiger partial charge on any atom is 0.338 e. The molecule has 1 fully saturated rings. The van der Waals surface area contributed by atoms with Gasteiger partial charge in [0.25, 0.3) is 5.92 Å². The molecule has 0 radical (unpaired) electrons. The van der Waals surface area contributed by atoms with Crippen molar-refractivity contribution in [2.45, 2.75) is 38.0 Å². The number of fused-ring (bicyclic) bond motifs is 5. The molecule has 14 heteroatoms. The van der Waals surface area contributed by atoms with Crippen molar-refractivity contribution in [3.63, 3.8) is 0 Å². The highest BCUT2D eigenvalue weighted by atomic mass is 19.3. The number of benzene rings is 2.